The topological polar surface area (TPSA) is 99.8 Å². The molecule has 2 aromatic heterocycles. The van der Waals surface area contributed by atoms with Crippen LogP contribution in [0.5, 0.6) is 0 Å². The summed E-state index contributed by atoms with van der Waals surface area (Å²) < 4.78 is 75.0. The van der Waals surface area contributed by atoms with Gasteiger partial charge < -0.3 is 10.1 Å². The highest BCUT2D eigenvalue weighted by Crippen LogP contribution is 2.40. The molecule has 39 heavy (non-hydrogen) atoms. The Balaban J connectivity index is 1.44. The minimum atomic E-state index is -5.15. The van der Waals surface area contributed by atoms with Crippen molar-refractivity contribution in [1.29, 1.82) is 0 Å². The van der Waals surface area contributed by atoms with Crippen molar-refractivity contribution in [2.75, 3.05) is 5.32 Å². The van der Waals surface area contributed by atoms with Gasteiger partial charge in [-0.15, -0.1) is 5.10 Å². The first-order chi connectivity index (χ1) is 18.4. The molecular formula is C25H22F5N7O2. The van der Waals surface area contributed by atoms with E-state index in [-0.39, 0.29) is 31.0 Å². The summed E-state index contributed by atoms with van der Waals surface area (Å²) in [5.74, 6) is -3.06. The Bertz CT molecular complexity index is 1520. The number of aromatic nitrogens is 6. The number of nitrogens with one attached hydrogen (secondary N) is 1. The van der Waals surface area contributed by atoms with Crippen molar-refractivity contribution >= 4 is 17.6 Å². The van der Waals surface area contributed by atoms with Crippen LogP contribution in [0.2, 0.25) is 0 Å². The molecule has 3 heterocycles. The number of anilines is 2. The van der Waals surface area contributed by atoms with Crippen LogP contribution in [0.1, 0.15) is 42.9 Å². The van der Waals surface area contributed by atoms with Gasteiger partial charge in [0.1, 0.15) is 35.1 Å². The fourth-order valence-electron chi connectivity index (χ4n) is 4.49. The Kier molecular flexibility index (Phi) is 6.56. The Labute approximate surface area is 218 Å². The third-order valence-electron chi connectivity index (χ3n) is 6.40. The van der Waals surface area contributed by atoms with E-state index in [9.17, 15) is 26.7 Å². The van der Waals surface area contributed by atoms with Crippen molar-refractivity contribution in [3.63, 3.8) is 0 Å². The van der Waals surface area contributed by atoms with Crippen molar-refractivity contribution in [2.24, 2.45) is 0 Å². The minimum absolute atomic E-state index is 0.0168. The fraction of sp³-hybridized carbons (Fsp3) is 0.320. The Morgan fingerprint density at radius 2 is 1.87 bits per heavy atom. The highest BCUT2D eigenvalue weighted by Gasteiger charge is 2.47. The molecule has 2 atom stereocenters. The summed E-state index contributed by atoms with van der Waals surface area (Å²) in [6.45, 7) is 3.18. The second kappa shape index (κ2) is 9.75. The first-order valence-electron chi connectivity index (χ1n) is 11.9. The third kappa shape index (κ3) is 5.59. The highest BCUT2D eigenvalue weighted by molar-refractivity contribution is 5.76. The average Bonchev–Trinajstić information content (AvgIpc) is 3.44. The molecule has 2 aromatic carbocycles. The van der Waals surface area contributed by atoms with Gasteiger partial charge in [-0.3, -0.25) is 0 Å². The quantitative estimate of drug-likeness (QED) is 0.278. The Morgan fingerprint density at radius 1 is 1.13 bits per heavy atom. The van der Waals surface area contributed by atoms with Crippen LogP contribution in [0.4, 0.5) is 33.6 Å². The third-order valence-corrected chi connectivity index (χ3v) is 6.40. The van der Waals surface area contributed by atoms with E-state index in [0.717, 1.165) is 0 Å². The number of hydrogen-bond acceptors (Lipinski definition) is 7. The Morgan fingerprint density at radius 3 is 2.51 bits per heavy atom. The molecular weight excluding hydrogens is 525 g/mol. The Hall–Kier alpha value is -4.36. The second-order valence-corrected chi connectivity index (χ2v) is 9.44. The van der Waals surface area contributed by atoms with Gasteiger partial charge in [-0.1, -0.05) is 12.1 Å². The van der Waals surface area contributed by atoms with Crippen molar-refractivity contribution in [1.82, 2.24) is 29.5 Å². The van der Waals surface area contributed by atoms with Crippen LogP contribution in [-0.2, 0) is 16.1 Å². The van der Waals surface area contributed by atoms with E-state index in [2.05, 4.69) is 25.5 Å². The van der Waals surface area contributed by atoms with E-state index in [1.54, 1.807) is 13.0 Å². The monoisotopic (exact) mass is 547 g/mol. The lowest BCUT2D eigenvalue weighted by atomic mass is 9.85. The molecule has 204 valence electrons. The first kappa shape index (κ1) is 26.3. The maximum Gasteiger partial charge on any atom is 0.490 e. The summed E-state index contributed by atoms with van der Waals surface area (Å²) in [5, 5.41) is 11.4. The summed E-state index contributed by atoms with van der Waals surface area (Å²) in [4.78, 5) is 20.2. The average molecular weight is 547 g/mol. The zero-order valence-corrected chi connectivity index (χ0v) is 20.7. The standard InChI is InChI=1S/C25H22F5N7O2/c1-14-31-13-37(34-14)20-8-7-17(11-19(20)27)32-23-33-21-18(15-3-5-16(26)6-4-15)12-24(2,9-10-36(21)35-23)39-22(38)25(28,29)30/h3-8,11,13,18H,9-10,12H2,1-2H3,(H,32,35)/t18-,24+/m1/s1. The van der Waals surface area contributed by atoms with Crippen LogP contribution in [-0.4, -0.2) is 47.3 Å². The molecule has 0 bridgehead atoms. The minimum Gasteiger partial charge on any atom is -0.453 e. The first-order valence-corrected chi connectivity index (χ1v) is 11.9. The lowest BCUT2D eigenvalue weighted by Crippen LogP contribution is -2.39. The molecule has 9 nitrogen and oxygen atoms in total. The molecule has 0 unspecified atom stereocenters. The number of carbonyl (C=O) groups is 1. The van der Waals surface area contributed by atoms with Crippen LogP contribution in [0, 0.1) is 18.6 Å². The summed E-state index contributed by atoms with van der Waals surface area (Å²) >= 11 is 0. The van der Waals surface area contributed by atoms with E-state index in [0.29, 0.717) is 22.9 Å². The van der Waals surface area contributed by atoms with Gasteiger partial charge in [-0.05, 0) is 49.7 Å². The number of halogens is 5. The number of esters is 1. The molecule has 0 radical (unpaired) electrons. The van der Waals surface area contributed by atoms with Gasteiger partial charge in [0.2, 0.25) is 5.95 Å². The van der Waals surface area contributed by atoms with Gasteiger partial charge in [0.05, 0.1) is 0 Å². The smallest absolute Gasteiger partial charge is 0.453 e. The van der Waals surface area contributed by atoms with E-state index >= 15 is 0 Å². The number of alkyl halides is 3. The largest absolute Gasteiger partial charge is 0.490 e. The summed E-state index contributed by atoms with van der Waals surface area (Å²) in [6.07, 6.45) is -3.80. The van der Waals surface area contributed by atoms with E-state index in [1.807, 2.05) is 0 Å². The highest BCUT2D eigenvalue weighted by atomic mass is 19.4. The SMILES string of the molecule is Cc1ncn(-c2ccc(Nc3nc4n(n3)CC[C@](C)(OC(=O)C(F)(F)F)C[C@@H]4c3ccc(F)cc3)cc2F)n1. The molecule has 1 aliphatic heterocycles. The number of nitrogens with zero attached hydrogens (tertiary/aromatic N) is 6. The second-order valence-electron chi connectivity index (χ2n) is 9.44. The number of hydrogen-bond donors (Lipinski definition) is 1. The molecule has 0 amide bonds. The van der Waals surface area contributed by atoms with Crippen molar-refractivity contribution in [3.8, 4) is 5.69 Å². The van der Waals surface area contributed by atoms with Gasteiger partial charge in [0.25, 0.3) is 0 Å². The summed E-state index contributed by atoms with van der Waals surface area (Å²) in [7, 11) is 0. The van der Waals surface area contributed by atoms with Crippen molar-refractivity contribution in [2.45, 2.75) is 50.9 Å². The number of carbonyl (C=O) groups excluding carboxylic acids is 1. The summed E-state index contributed by atoms with van der Waals surface area (Å²) in [6, 6.07) is 9.78. The van der Waals surface area contributed by atoms with Gasteiger partial charge in [-0.2, -0.15) is 23.3 Å². The number of ether oxygens (including phenoxy) is 1. The molecule has 0 aliphatic carbocycles. The van der Waals surface area contributed by atoms with Gasteiger partial charge in [0.15, 0.2) is 5.82 Å². The van der Waals surface area contributed by atoms with Crippen molar-refractivity contribution < 1.29 is 31.5 Å². The zero-order valence-electron chi connectivity index (χ0n) is 20.7. The number of aryl methyl sites for hydroxylation is 2. The molecule has 1 aliphatic rings. The predicted molar refractivity (Wildman–Crippen MR) is 127 cm³/mol. The molecule has 0 saturated carbocycles. The lowest BCUT2D eigenvalue weighted by Gasteiger charge is -2.31. The van der Waals surface area contributed by atoms with Gasteiger partial charge in [0, 0.05) is 31.0 Å². The van der Waals surface area contributed by atoms with Gasteiger partial charge >= 0.3 is 12.1 Å². The molecule has 4 aromatic rings. The molecule has 0 saturated heterocycles. The van der Waals surface area contributed by atoms with E-state index < -0.39 is 35.3 Å². The lowest BCUT2D eigenvalue weighted by molar-refractivity contribution is -0.214. The van der Waals surface area contributed by atoms with E-state index in [4.69, 9.17) is 4.74 Å². The van der Waals surface area contributed by atoms with Crippen LogP contribution >= 0.6 is 0 Å². The number of fused-ring (bicyclic) bond motifs is 1. The van der Waals surface area contributed by atoms with Gasteiger partial charge in [-0.25, -0.2) is 27.9 Å². The van der Waals surface area contributed by atoms with Crippen LogP contribution in [0.25, 0.3) is 5.69 Å². The van der Waals surface area contributed by atoms with Crippen LogP contribution < -0.4 is 5.32 Å². The normalized spacial score (nSPS) is 19.3. The number of benzene rings is 2. The van der Waals surface area contributed by atoms with Crippen LogP contribution in [0.3, 0.4) is 0 Å². The summed E-state index contributed by atoms with van der Waals surface area (Å²) in [5.41, 5.74) is -0.415. The number of rotatable bonds is 5. The van der Waals surface area contributed by atoms with Crippen molar-refractivity contribution in [3.05, 3.63) is 77.6 Å². The predicted octanol–water partition coefficient (Wildman–Crippen LogP) is 4.98. The maximum absolute atomic E-state index is 14.8. The molecule has 1 N–H and O–H groups in total. The fourth-order valence-corrected chi connectivity index (χ4v) is 4.49. The molecule has 0 fully saturated rings. The molecule has 0 spiro atoms. The zero-order chi connectivity index (χ0) is 27.9. The van der Waals surface area contributed by atoms with E-state index in [1.165, 1.54) is 59.0 Å². The molecule has 5 rings (SSSR count). The van der Waals surface area contributed by atoms with Crippen LogP contribution in [0.15, 0.2) is 48.8 Å². The molecule has 14 heteroatoms. The maximum atomic E-state index is 14.8.